The zero-order chi connectivity index (χ0) is 20.0. The highest BCUT2D eigenvalue weighted by Gasteiger charge is 2.37. The third-order valence-electron chi connectivity index (χ3n) is 4.85. The zero-order valence-corrected chi connectivity index (χ0v) is 17.0. The van der Waals surface area contributed by atoms with E-state index in [4.69, 9.17) is 16.1 Å². The average Bonchev–Trinajstić information content (AvgIpc) is 3.41. The van der Waals surface area contributed by atoms with Crippen molar-refractivity contribution in [3.05, 3.63) is 70.3 Å². The lowest BCUT2D eigenvalue weighted by atomic mass is 10.00. The number of aryl methyl sites for hydroxylation is 1. The molecule has 0 N–H and O–H groups in total. The predicted octanol–water partition coefficient (Wildman–Crippen LogP) is 4.19. The fourth-order valence-electron chi connectivity index (χ4n) is 3.24. The maximum Gasteiger partial charge on any atom is 0.265 e. The van der Waals surface area contributed by atoms with E-state index < -0.39 is 0 Å². The monoisotopic (exact) mass is 425 g/mol. The molecule has 0 aliphatic carbocycles. The Kier molecular flexibility index (Phi) is 4.44. The number of nitrogens with zero attached hydrogens (tertiary/aromatic N) is 5. The molecule has 5 rings (SSSR count). The van der Waals surface area contributed by atoms with Crippen LogP contribution in [0.5, 0.6) is 0 Å². The van der Waals surface area contributed by atoms with E-state index in [1.807, 2.05) is 48.1 Å². The number of aromatic nitrogens is 4. The number of likely N-dealkylation sites (tertiary alicyclic amines) is 1. The van der Waals surface area contributed by atoms with Crippen LogP contribution in [-0.4, -0.2) is 43.6 Å². The Balaban J connectivity index is 1.27. The first kappa shape index (κ1) is 18.1. The summed E-state index contributed by atoms with van der Waals surface area (Å²) >= 11 is 7.43. The molecule has 9 heteroatoms. The first-order chi connectivity index (χ1) is 14.1. The summed E-state index contributed by atoms with van der Waals surface area (Å²) in [5.74, 6) is 1.07. The van der Waals surface area contributed by atoms with Crippen molar-refractivity contribution in [1.29, 1.82) is 0 Å². The summed E-state index contributed by atoms with van der Waals surface area (Å²) < 4.78 is 7.32. The molecule has 0 bridgehead atoms. The van der Waals surface area contributed by atoms with Gasteiger partial charge < -0.3 is 14.0 Å². The van der Waals surface area contributed by atoms with Gasteiger partial charge in [0.1, 0.15) is 4.88 Å². The van der Waals surface area contributed by atoms with Crippen molar-refractivity contribution in [3.8, 4) is 16.5 Å². The lowest BCUT2D eigenvalue weighted by Gasteiger charge is -2.36. The van der Waals surface area contributed by atoms with Crippen LogP contribution >= 0.6 is 22.9 Å². The standard InChI is InChI=1S/C20H16ClN5O2S/c1-12-16(29-20(22-12)25-7-2-3-8-25)19(27)26-10-14(11-26)18-23-17(24-28-18)13-5-4-6-15(21)9-13/h2-9,14H,10-11H2,1H3. The molecule has 0 saturated carbocycles. The molecule has 1 saturated heterocycles. The van der Waals surface area contributed by atoms with E-state index in [1.54, 1.807) is 17.0 Å². The minimum absolute atomic E-state index is 0.00997. The highest BCUT2D eigenvalue weighted by Crippen LogP contribution is 2.31. The molecule has 0 spiro atoms. The molecule has 7 nitrogen and oxygen atoms in total. The van der Waals surface area contributed by atoms with Crippen molar-refractivity contribution in [1.82, 2.24) is 24.6 Å². The van der Waals surface area contributed by atoms with Gasteiger partial charge in [0.2, 0.25) is 11.7 Å². The van der Waals surface area contributed by atoms with Crippen LogP contribution in [-0.2, 0) is 0 Å². The normalized spacial score (nSPS) is 14.2. The van der Waals surface area contributed by atoms with Gasteiger partial charge >= 0.3 is 0 Å². The Morgan fingerprint density at radius 1 is 1.21 bits per heavy atom. The predicted molar refractivity (Wildman–Crippen MR) is 110 cm³/mol. The average molecular weight is 426 g/mol. The van der Waals surface area contributed by atoms with E-state index in [1.165, 1.54) is 11.3 Å². The maximum absolute atomic E-state index is 12.9. The van der Waals surface area contributed by atoms with E-state index in [0.717, 1.165) is 16.4 Å². The first-order valence-corrected chi connectivity index (χ1v) is 10.3. The molecule has 1 amide bonds. The van der Waals surface area contributed by atoms with E-state index in [2.05, 4.69) is 15.1 Å². The highest BCUT2D eigenvalue weighted by molar-refractivity contribution is 7.16. The van der Waals surface area contributed by atoms with Gasteiger partial charge in [-0.05, 0) is 31.2 Å². The highest BCUT2D eigenvalue weighted by atomic mass is 35.5. The van der Waals surface area contributed by atoms with Crippen molar-refractivity contribution in [2.75, 3.05) is 13.1 Å². The van der Waals surface area contributed by atoms with Gasteiger partial charge in [0.05, 0.1) is 11.6 Å². The smallest absolute Gasteiger partial charge is 0.265 e. The topological polar surface area (TPSA) is 77.1 Å². The molecule has 1 aliphatic rings. The van der Waals surface area contributed by atoms with E-state index in [0.29, 0.717) is 34.7 Å². The molecule has 0 radical (unpaired) electrons. The molecule has 0 atom stereocenters. The fourth-order valence-corrected chi connectivity index (χ4v) is 4.44. The Bertz CT molecular complexity index is 1180. The van der Waals surface area contributed by atoms with Gasteiger partial charge in [0.25, 0.3) is 5.91 Å². The minimum atomic E-state index is -0.00997. The Morgan fingerprint density at radius 2 is 2.00 bits per heavy atom. The Morgan fingerprint density at radius 3 is 2.76 bits per heavy atom. The largest absolute Gasteiger partial charge is 0.339 e. The van der Waals surface area contributed by atoms with Crippen LogP contribution < -0.4 is 0 Å². The Hall–Kier alpha value is -2.97. The second kappa shape index (κ2) is 7.13. The number of rotatable bonds is 4. The fraction of sp³-hybridized carbons (Fsp3) is 0.200. The van der Waals surface area contributed by atoms with Crippen molar-refractivity contribution in [2.24, 2.45) is 0 Å². The SMILES string of the molecule is Cc1nc(-n2cccc2)sc1C(=O)N1CC(c2nc(-c3cccc(Cl)c3)no2)C1. The van der Waals surface area contributed by atoms with E-state index in [-0.39, 0.29) is 11.8 Å². The third kappa shape index (κ3) is 3.34. The summed E-state index contributed by atoms with van der Waals surface area (Å²) in [5, 5.41) is 5.45. The van der Waals surface area contributed by atoms with Crippen molar-refractivity contribution in [3.63, 3.8) is 0 Å². The van der Waals surface area contributed by atoms with E-state index >= 15 is 0 Å². The van der Waals surface area contributed by atoms with Crippen LogP contribution in [0.15, 0.2) is 53.3 Å². The number of hydrogen-bond acceptors (Lipinski definition) is 6. The van der Waals surface area contributed by atoms with Crippen molar-refractivity contribution in [2.45, 2.75) is 12.8 Å². The first-order valence-electron chi connectivity index (χ1n) is 9.08. The molecule has 1 aromatic carbocycles. The lowest BCUT2D eigenvalue weighted by molar-refractivity contribution is 0.0573. The van der Waals surface area contributed by atoms with Gasteiger partial charge in [-0.15, -0.1) is 0 Å². The zero-order valence-electron chi connectivity index (χ0n) is 15.4. The second-order valence-corrected chi connectivity index (χ2v) is 8.29. The molecule has 4 heterocycles. The molecule has 146 valence electrons. The number of carbonyl (C=O) groups excluding carboxylic acids is 1. The number of amides is 1. The van der Waals surface area contributed by atoms with Crippen LogP contribution in [0.3, 0.4) is 0 Å². The summed E-state index contributed by atoms with van der Waals surface area (Å²) in [5.41, 5.74) is 1.55. The van der Waals surface area contributed by atoms with Gasteiger partial charge in [-0.25, -0.2) is 4.98 Å². The van der Waals surface area contributed by atoms with Crippen LogP contribution in [0.1, 0.15) is 27.2 Å². The van der Waals surface area contributed by atoms with Gasteiger partial charge in [-0.2, -0.15) is 4.98 Å². The summed E-state index contributed by atoms with van der Waals surface area (Å²) in [6, 6.07) is 11.2. The second-order valence-electron chi connectivity index (χ2n) is 6.87. The molecule has 0 unspecified atom stereocenters. The van der Waals surface area contributed by atoms with Gasteiger partial charge in [0.15, 0.2) is 5.13 Å². The van der Waals surface area contributed by atoms with Crippen LogP contribution in [0, 0.1) is 6.92 Å². The molecule has 1 fully saturated rings. The maximum atomic E-state index is 12.9. The summed E-state index contributed by atoms with van der Waals surface area (Å²) in [4.78, 5) is 24.3. The summed E-state index contributed by atoms with van der Waals surface area (Å²) in [6.45, 7) is 2.96. The van der Waals surface area contributed by atoms with Gasteiger partial charge in [-0.3, -0.25) is 4.79 Å². The number of hydrogen-bond donors (Lipinski definition) is 0. The Labute approximate surface area is 175 Å². The summed E-state index contributed by atoms with van der Waals surface area (Å²) in [7, 11) is 0. The third-order valence-corrected chi connectivity index (χ3v) is 6.24. The van der Waals surface area contributed by atoms with Crippen LogP contribution in [0.25, 0.3) is 16.5 Å². The number of halogens is 1. The lowest BCUT2D eigenvalue weighted by Crippen LogP contribution is -2.48. The van der Waals surface area contributed by atoms with Crippen LogP contribution in [0.4, 0.5) is 0 Å². The quantitative estimate of drug-likeness (QED) is 0.490. The van der Waals surface area contributed by atoms with Gasteiger partial charge in [0, 0.05) is 36.1 Å². The molecule has 1 aliphatic heterocycles. The van der Waals surface area contributed by atoms with Crippen molar-refractivity contribution >= 4 is 28.8 Å². The summed E-state index contributed by atoms with van der Waals surface area (Å²) in [6.07, 6.45) is 3.83. The minimum Gasteiger partial charge on any atom is -0.339 e. The molecular formula is C20H16ClN5O2S. The van der Waals surface area contributed by atoms with Crippen molar-refractivity contribution < 1.29 is 9.32 Å². The molecule has 29 heavy (non-hydrogen) atoms. The number of thiazole rings is 1. The molecule has 3 aromatic heterocycles. The van der Waals surface area contributed by atoms with E-state index in [9.17, 15) is 4.79 Å². The van der Waals surface area contributed by atoms with Crippen LogP contribution in [0.2, 0.25) is 5.02 Å². The number of carbonyl (C=O) groups is 1. The van der Waals surface area contributed by atoms with Gasteiger partial charge in [-0.1, -0.05) is 40.2 Å². The molecule has 4 aromatic rings. The molecular weight excluding hydrogens is 410 g/mol. The number of benzene rings is 1.